The zero-order valence-electron chi connectivity index (χ0n) is 8.96. The fourth-order valence-electron chi connectivity index (χ4n) is 2.02. The van der Waals surface area contributed by atoms with Crippen molar-refractivity contribution in [2.75, 3.05) is 19.6 Å². The van der Waals surface area contributed by atoms with Crippen molar-refractivity contribution in [2.24, 2.45) is 11.7 Å². The fraction of sp³-hybridized carbons (Fsp3) is 0.600. The standard InChI is InChI=1S/C10H15N3O2S/c11-5-8-3-4-12(6-8)7-9-1-2-10(16-9)13(14)15/h1-2,8H,3-7,11H2. The summed E-state index contributed by atoms with van der Waals surface area (Å²) < 4.78 is 0. The van der Waals surface area contributed by atoms with Crippen LogP contribution in [0.1, 0.15) is 11.3 Å². The first kappa shape index (κ1) is 11.5. The van der Waals surface area contributed by atoms with E-state index in [2.05, 4.69) is 4.90 Å². The molecule has 1 aromatic rings. The van der Waals surface area contributed by atoms with Gasteiger partial charge in [-0.3, -0.25) is 15.0 Å². The molecule has 0 bridgehead atoms. The molecule has 2 N–H and O–H groups in total. The van der Waals surface area contributed by atoms with Gasteiger partial charge >= 0.3 is 5.00 Å². The Bertz CT molecular complexity index is 380. The van der Waals surface area contributed by atoms with Crippen LogP contribution in [-0.2, 0) is 6.54 Å². The van der Waals surface area contributed by atoms with Crippen molar-refractivity contribution < 1.29 is 4.92 Å². The molecule has 0 saturated carbocycles. The number of nitrogens with two attached hydrogens (primary N) is 1. The number of nitro groups is 1. The van der Waals surface area contributed by atoms with Gasteiger partial charge in [-0.15, -0.1) is 0 Å². The highest BCUT2D eigenvalue weighted by Crippen LogP contribution is 2.26. The molecule has 16 heavy (non-hydrogen) atoms. The van der Waals surface area contributed by atoms with Crippen molar-refractivity contribution in [1.29, 1.82) is 0 Å². The quantitative estimate of drug-likeness (QED) is 0.639. The third-order valence-electron chi connectivity index (χ3n) is 2.91. The molecule has 1 atom stereocenters. The molecular weight excluding hydrogens is 226 g/mol. The van der Waals surface area contributed by atoms with Crippen molar-refractivity contribution in [2.45, 2.75) is 13.0 Å². The van der Waals surface area contributed by atoms with Crippen LogP contribution in [0.5, 0.6) is 0 Å². The number of hydrogen-bond donors (Lipinski definition) is 1. The average molecular weight is 241 g/mol. The van der Waals surface area contributed by atoms with E-state index in [1.807, 2.05) is 6.07 Å². The van der Waals surface area contributed by atoms with Gasteiger partial charge in [0, 0.05) is 24.0 Å². The van der Waals surface area contributed by atoms with Crippen LogP contribution >= 0.6 is 11.3 Å². The summed E-state index contributed by atoms with van der Waals surface area (Å²) >= 11 is 1.26. The molecule has 0 aromatic carbocycles. The van der Waals surface area contributed by atoms with Gasteiger partial charge in [-0.1, -0.05) is 11.3 Å². The molecule has 0 aliphatic carbocycles. The molecular formula is C10H15N3O2S. The molecule has 0 amide bonds. The minimum atomic E-state index is -0.333. The Kier molecular flexibility index (Phi) is 3.52. The largest absolute Gasteiger partial charge is 0.330 e. The summed E-state index contributed by atoms with van der Waals surface area (Å²) in [5, 5.41) is 10.8. The fourth-order valence-corrected chi connectivity index (χ4v) is 2.88. The molecule has 1 aliphatic rings. The normalized spacial score (nSPS) is 21.4. The van der Waals surface area contributed by atoms with Gasteiger partial charge in [0.15, 0.2) is 0 Å². The molecule has 2 rings (SSSR count). The summed E-state index contributed by atoms with van der Waals surface area (Å²) in [4.78, 5) is 13.6. The minimum Gasteiger partial charge on any atom is -0.330 e. The van der Waals surface area contributed by atoms with Crippen molar-refractivity contribution >= 4 is 16.3 Å². The lowest BCUT2D eigenvalue weighted by Crippen LogP contribution is -2.22. The smallest absolute Gasteiger partial charge is 0.324 e. The molecule has 0 radical (unpaired) electrons. The molecule has 1 aromatic heterocycles. The second-order valence-electron chi connectivity index (χ2n) is 4.12. The van der Waals surface area contributed by atoms with Gasteiger partial charge in [-0.25, -0.2) is 0 Å². The molecule has 1 aliphatic heterocycles. The van der Waals surface area contributed by atoms with E-state index >= 15 is 0 Å². The van der Waals surface area contributed by atoms with Crippen molar-refractivity contribution in [3.63, 3.8) is 0 Å². The molecule has 0 spiro atoms. The highest BCUT2D eigenvalue weighted by atomic mass is 32.1. The van der Waals surface area contributed by atoms with Crippen LogP contribution < -0.4 is 5.73 Å². The third-order valence-corrected chi connectivity index (χ3v) is 3.93. The highest BCUT2D eigenvalue weighted by molar-refractivity contribution is 7.15. The van der Waals surface area contributed by atoms with E-state index in [9.17, 15) is 10.1 Å². The molecule has 1 unspecified atom stereocenters. The Balaban J connectivity index is 1.92. The highest BCUT2D eigenvalue weighted by Gasteiger charge is 2.22. The van der Waals surface area contributed by atoms with Gasteiger partial charge in [0.25, 0.3) is 0 Å². The van der Waals surface area contributed by atoms with E-state index < -0.39 is 0 Å². The van der Waals surface area contributed by atoms with Gasteiger partial charge < -0.3 is 5.73 Å². The van der Waals surface area contributed by atoms with Crippen LogP contribution in [0.3, 0.4) is 0 Å². The number of hydrogen-bond acceptors (Lipinski definition) is 5. The zero-order valence-corrected chi connectivity index (χ0v) is 9.78. The van der Waals surface area contributed by atoms with E-state index in [0.717, 1.165) is 37.5 Å². The maximum atomic E-state index is 10.5. The van der Waals surface area contributed by atoms with Crippen LogP contribution in [0.25, 0.3) is 0 Å². The lowest BCUT2D eigenvalue weighted by atomic mass is 10.1. The predicted octanol–water partition coefficient (Wildman–Crippen LogP) is 1.44. The lowest BCUT2D eigenvalue weighted by molar-refractivity contribution is -0.380. The Labute approximate surface area is 98.0 Å². The molecule has 2 heterocycles. The van der Waals surface area contributed by atoms with Gasteiger partial charge in [-0.05, 0) is 31.5 Å². The molecule has 1 fully saturated rings. The van der Waals surface area contributed by atoms with E-state index in [-0.39, 0.29) is 9.92 Å². The van der Waals surface area contributed by atoms with Crippen LogP contribution in [0.2, 0.25) is 0 Å². The third kappa shape index (κ3) is 2.58. The summed E-state index contributed by atoms with van der Waals surface area (Å²) in [7, 11) is 0. The van der Waals surface area contributed by atoms with Crippen molar-refractivity contribution in [3.05, 3.63) is 27.1 Å². The first-order chi connectivity index (χ1) is 7.69. The summed E-state index contributed by atoms with van der Waals surface area (Å²) in [5.41, 5.74) is 5.62. The Hall–Kier alpha value is -0.980. The number of likely N-dealkylation sites (tertiary alicyclic amines) is 1. The summed E-state index contributed by atoms with van der Waals surface area (Å²) in [5.74, 6) is 0.593. The van der Waals surface area contributed by atoms with Crippen LogP contribution in [0, 0.1) is 16.0 Å². The maximum Gasteiger partial charge on any atom is 0.324 e. The van der Waals surface area contributed by atoms with Gasteiger partial charge in [0.1, 0.15) is 0 Å². The van der Waals surface area contributed by atoms with E-state index in [0.29, 0.717) is 5.92 Å². The Morgan fingerprint density at radius 2 is 2.44 bits per heavy atom. The van der Waals surface area contributed by atoms with Crippen molar-refractivity contribution in [3.8, 4) is 0 Å². The molecule has 1 saturated heterocycles. The van der Waals surface area contributed by atoms with Crippen molar-refractivity contribution in [1.82, 2.24) is 4.90 Å². The summed E-state index contributed by atoms with van der Waals surface area (Å²) in [6.45, 7) is 3.62. The maximum absolute atomic E-state index is 10.5. The SMILES string of the molecule is NCC1CCN(Cc2ccc([N+](=O)[O-])s2)C1. The van der Waals surface area contributed by atoms with Gasteiger partial charge in [-0.2, -0.15) is 0 Å². The first-order valence-electron chi connectivity index (χ1n) is 5.34. The topological polar surface area (TPSA) is 72.4 Å². The predicted molar refractivity (Wildman–Crippen MR) is 63.4 cm³/mol. The minimum absolute atomic E-state index is 0.226. The second-order valence-corrected chi connectivity index (χ2v) is 5.27. The van der Waals surface area contributed by atoms with Crippen LogP contribution in [0.15, 0.2) is 12.1 Å². The zero-order chi connectivity index (χ0) is 11.5. The lowest BCUT2D eigenvalue weighted by Gasteiger charge is -2.13. The van der Waals surface area contributed by atoms with Gasteiger partial charge in [0.2, 0.25) is 0 Å². The van der Waals surface area contributed by atoms with Crippen LogP contribution in [0.4, 0.5) is 5.00 Å². The first-order valence-corrected chi connectivity index (χ1v) is 6.16. The number of rotatable bonds is 4. The Morgan fingerprint density at radius 1 is 1.62 bits per heavy atom. The molecule has 5 nitrogen and oxygen atoms in total. The van der Waals surface area contributed by atoms with Crippen LogP contribution in [-0.4, -0.2) is 29.5 Å². The van der Waals surface area contributed by atoms with Gasteiger partial charge in [0.05, 0.1) is 4.92 Å². The van der Waals surface area contributed by atoms with E-state index in [1.165, 1.54) is 11.3 Å². The average Bonchev–Trinajstić information content (AvgIpc) is 2.87. The second kappa shape index (κ2) is 4.90. The monoisotopic (exact) mass is 241 g/mol. The summed E-state index contributed by atoms with van der Waals surface area (Å²) in [6.07, 6.45) is 1.14. The van der Waals surface area contributed by atoms with E-state index in [4.69, 9.17) is 5.73 Å². The Morgan fingerprint density at radius 3 is 3.00 bits per heavy atom. The molecule has 6 heteroatoms. The number of thiophene rings is 1. The number of nitrogens with zero attached hydrogens (tertiary/aromatic N) is 2. The van der Waals surface area contributed by atoms with E-state index in [1.54, 1.807) is 6.07 Å². The molecule has 88 valence electrons. The summed E-state index contributed by atoms with van der Waals surface area (Å²) in [6, 6.07) is 3.43.